The number of hydrogen-bond donors (Lipinski definition) is 1. The number of amides is 3. The summed E-state index contributed by atoms with van der Waals surface area (Å²) in [6.07, 6.45) is 4.75. The Hall–Kier alpha value is -2.94. The number of benzene rings is 1. The van der Waals surface area contributed by atoms with Crippen LogP contribution in [0.5, 0.6) is 0 Å². The van der Waals surface area contributed by atoms with E-state index in [4.69, 9.17) is 0 Å². The predicted molar refractivity (Wildman–Crippen MR) is 103 cm³/mol. The molecule has 3 amide bonds. The fraction of sp³-hybridized carbons (Fsp3) is 0.300. The third kappa shape index (κ3) is 3.46. The van der Waals surface area contributed by atoms with E-state index in [9.17, 15) is 23.2 Å². The van der Waals surface area contributed by atoms with Gasteiger partial charge in [0.15, 0.2) is 5.13 Å². The van der Waals surface area contributed by atoms with Gasteiger partial charge in [-0.1, -0.05) is 12.2 Å². The number of rotatable bonds is 4. The summed E-state index contributed by atoms with van der Waals surface area (Å²) >= 11 is 1.04. The number of carbonyl (C=O) groups is 3. The van der Waals surface area contributed by atoms with Crippen LogP contribution in [-0.4, -0.2) is 33.6 Å². The lowest BCUT2D eigenvalue weighted by molar-refractivity contribution is -0.146. The molecule has 2 unspecified atom stereocenters. The van der Waals surface area contributed by atoms with Crippen molar-refractivity contribution < 1.29 is 23.2 Å². The van der Waals surface area contributed by atoms with E-state index in [1.165, 1.54) is 12.3 Å². The summed E-state index contributed by atoms with van der Waals surface area (Å²) in [6, 6.07) is 2.03. The molecule has 0 radical (unpaired) electrons. The number of likely N-dealkylation sites (tertiary alicyclic amines) is 1. The van der Waals surface area contributed by atoms with Crippen LogP contribution in [-0.2, 0) is 14.4 Å². The van der Waals surface area contributed by atoms with Crippen LogP contribution < -0.4 is 5.32 Å². The molecule has 1 aliphatic carbocycles. The maximum atomic E-state index is 13.9. The van der Waals surface area contributed by atoms with Gasteiger partial charge in [0.1, 0.15) is 17.7 Å². The van der Waals surface area contributed by atoms with E-state index in [-0.39, 0.29) is 28.2 Å². The molecule has 4 rings (SSSR count). The summed E-state index contributed by atoms with van der Waals surface area (Å²) in [5.41, 5.74) is 0.164. The van der Waals surface area contributed by atoms with E-state index in [1.54, 1.807) is 0 Å². The van der Waals surface area contributed by atoms with Gasteiger partial charge >= 0.3 is 0 Å². The monoisotopic (exact) mass is 417 g/mol. The Morgan fingerprint density at radius 1 is 1.21 bits per heavy atom. The van der Waals surface area contributed by atoms with E-state index in [1.807, 2.05) is 12.2 Å². The fourth-order valence-electron chi connectivity index (χ4n) is 3.68. The molecular formula is C20H17F2N3O3S. The zero-order valence-electron chi connectivity index (χ0n) is 15.4. The first-order valence-electron chi connectivity index (χ1n) is 9.10. The molecule has 3 atom stereocenters. The highest BCUT2D eigenvalue weighted by molar-refractivity contribution is 7.14. The van der Waals surface area contributed by atoms with E-state index in [0.29, 0.717) is 12.8 Å². The van der Waals surface area contributed by atoms with Gasteiger partial charge in [-0.3, -0.25) is 19.3 Å². The van der Waals surface area contributed by atoms with Gasteiger partial charge < -0.3 is 5.32 Å². The number of hydrogen-bond acceptors (Lipinski definition) is 5. The van der Waals surface area contributed by atoms with Crippen LogP contribution in [0.2, 0.25) is 0 Å². The van der Waals surface area contributed by atoms with E-state index in [0.717, 1.165) is 34.4 Å². The Labute approximate surface area is 169 Å². The summed E-state index contributed by atoms with van der Waals surface area (Å²) in [6.45, 7) is 1.48. The summed E-state index contributed by atoms with van der Waals surface area (Å²) in [4.78, 5) is 43.0. The lowest BCUT2D eigenvalue weighted by Gasteiger charge is -2.21. The van der Waals surface area contributed by atoms with E-state index < -0.39 is 35.4 Å². The van der Waals surface area contributed by atoms with E-state index in [2.05, 4.69) is 10.3 Å². The average molecular weight is 417 g/mol. The van der Waals surface area contributed by atoms with Crippen molar-refractivity contribution in [2.75, 3.05) is 5.32 Å². The number of allylic oxidation sites excluding steroid dienone is 2. The Bertz CT molecular complexity index is 1010. The molecule has 9 heteroatoms. The molecule has 1 aromatic carbocycles. The molecule has 2 aliphatic rings. The summed E-state index contributed by atoms with van der Waals surface area (Å²) in [5, 5.41) is 4.21. The summed E-state index contributed by atoms with van der Waals surface area (Å²) in [5.74, 6) is -3.31. The standard InChI is InChI=1S/C20H17F2N3O3S/c1-10(25-18(27)12-4-2-3-5-13(12)19(25)28)17(26)24-20-23-16(9-29-20)14-8-11(21)6-7-15(14)22/h2-3,6-10,12-13H,4-5H2,1H3,(H,23,24,26)/t10-,12?,13?/m0/s1. The van der Waals surface area contributed by atoms with Crippen LogP contribution in [0.3, 0.4) is 0 Å². The second kappa shape index (κ2) is 7.47. The van der Waals surface area contributed by atoms with Crippen molar-refractivity contribution in [2.45, 2.75) is 25.8 Å². The lowest BCUT2D eigenvalue weighted by Crippen LogP contribution is -2.46. The average Bonchev–Trinajstić information content (AvgIpc) is 3.26. The van der Waals surface area contributed by atoms with Crippen LogP contribution in [0, 0.1) is 23.5 Å². The number of carbonyl (C=O) groups excluding carboxylic acids is 3. The highest BCUT2D eigenvalue weighted by Crippen LogP contribution is 2.36. The van der Waals surface area contributed by atoms with Crippen LogP contribution >= 0.6 is 11.3 Å². The highest BCUT2D eigenvalue weighted by Gasteiger charge is 2.50. The minimum atomic E-state index is -1.00. The Balaban J connectivity index is 1.49. The minimum Gasteiger partial charge on any atom is -0.300 e. The first kappa shape index (κ1) is 19.4. The van der Waals surface area contributed by atoms with Crippen molar-refractivity contribution in [3.05, 3.63) is 47.4 Å². The number of fused-ring (bicyclic) bond motifs is 1. The maximum absolute atomic E-state index is 13.9. The van der Waals surface area contributed by atoms with Crippen LogP contribution in [0.15, 0.2) is 35.7 Å². The van der Waals surface area contributed by atoms with Crippen LogP contribution in [0.25, 0.3) is 11.3 Å². The number of aromatic nitrogens is 1. The third-order valence-electron chi connectivity index (χ3n) is 5.25. The zero-order valence-corrected chi connectivity index (χ0v) is 16.2. The molecule has 0 bridgehead atoms. The molecule has 1 saturated heterocycles. The van der Waals surface area contributed by atoms with Gasteiger partial charge in [-0.2, -0.15) is 0 Å². The number of anilines is 1. The zero-order chi connectivity index (χ0) is 20.7. The number of halogens is 2. The molecule has 29 heavy (non-hydrogen) atoms. The van der Waals surface area contributed by atoms with Crippen molar-refractivity contribution >= 4 is 34.2 Å². The number of thiazole rings is 1. The van der Waals surface area contributed by atoms with Crippen molar-refractivity contribution in [2.24, 2.45) is 11.8 Å². The molecule has 1 aromatic heterocycles. The number of nitrogens with one attached hydrogen (secondary N) is 1. The Kier molecular flexibility index (Phi) is 4.99. The second-order valence-corrected chi connectivity index (χ2v) is 7.89. The van der Waals surface area contributed by atoms with Gasteiger partial charge in [0, 0.05) is 10.9 Å². The van der Waals surface area contributed by atoms with Crippen molar-refractivity contribution in [1.82, 2.24) is 9.88 Å². The number of nitrogens with zero attached hydrogens (tertiary/aromatic N) is 2. The highest BCUT2D eigenvalue weighted by atomic mass is 32.1. The maximum Gasteiger partial charge on any atom is 0.249 e. The van der Waals surface area contributed by atoms with E-state index >= 15 is 0 Å². The van der Waals surface area contributed by atoms with Gasteiger partial charge in [0.2, 0.25) is 17.7 Å². The molecule has 1 aliphatic heterocycles. The SMILES string of the molecule is C[C@@H](C(=O)Nc1nc(-c2cc(F)ccc2F)cs1)N1C(=O)C2CC=CCC2C1=O. The predicted octanol–water partition coefficient (Wildman–Crippen LogP) is 3.37. The molecule has 0 saturated carbocycles. The first-order valence-corrected chi connectivity index (χ1v) is 9.98. The third-order valence-corrected chi connectivity index (χ3v) is 6.00. The Morgan fingerprint density at radius 3 is 2.52 bits per heavy atom. The number of imide groups is 1. The minimum absolute atomic E-state index is 0.0173. The lowest BCUT2D eigenvalue weighted by atomic mass is 9.85. The van der Waals surface area contributed by atoms with Gasteiger partial charge in [-0.05, 0) is 38.0 Å². The van der Waals surface area contributed by atoms with Crippen molar-refractivity contribution in [3.8, 4) is 11.3 Å². The largest absolute Gasteiger partial charge is 0.300 e. The molecule has 2 aromatic rings. The van der Waals surface area contributed by atoms with Crippen LogP contribution in [0.1, 0.15) is 19.8 Å². The first-order chi connectivity index (χ1) is 13.9. The molecule has 6 nitrogen and oxygen atoms in total. The van der Waals surface area contributed by atoms with Gasteiger partial charge in [-0.15, -0.1) is 11.3 Å². The Morgan fingerprint density at radius 2 is 1.86 bits per heavy atom. The van der Waals surface area contributed by atoms with Crippen LogP contribution in [0.4, 0.5) is 13.9 Å². The molecule has 0 spiro atoms. The molecule has 150 valence electrons. The van der Waals surface area contributed by atoms with Gasteiger partial charge in [0.05, 0.1) is 17.5 Å². The van der Waals surface area contributed by atoms with Crippen molar-refractivity contribution in [1.29, 1.82) is 0 Å². The van der Waals surface area contributed by atoms with Gasteiger partial charge in [-0.25, -0.2) is 13.8 Å². The summed E-state index contributed by atoms with van der Waals surface area (Å²) < 4.78 is 27.3. The van der Waals surface area contributed by atoms with Gasteiger partial charge in [0.25, 0.3) is 0 Å². The molecule has 2 heterocycles. The molecule has 1 N–H and O–H groups in total. The van der Waals surface area contributed by atoms with Crippen molar-refractivity contribution in [3.63, 3.8) is 0 Å². The molecule has 1 fully saturated rings. The fourth-order valence-corrected chi connectivity index (χ4v) is 4.40. The quantitative estimate of drug-likeness (QED) is 0.611. The topological polar surface area (TPSA) is 79.4 Å². The second-order valence-electron chi connectivity index (χ2n) is 7.03. The summed E-state index contributed by atoms with van der Waals surface area (Å²) in [7, 11) is 0. The smallest absolute Gasteiger partial charge is 0.249 e. The molecular weight excluding hydrogens is 400 g/mol. The normalized spacial score (nSPS) is 22.0.